The number of aliphatic hydroxyl groups excluding tert-OH is 1. The minimum absolute atomic E-state index is 0.0174. The van der Waals surface area contributed by atoms with E-state index in [2.05, 4.69) is 44.5 Å². The van der Waals surface area contributed by atoms with Gasteiger partial charge in [0, 0.05) is 68.8 Å². The molecule has 8 amide bonds. The molecule has 26 heteroatoms. The molecule has 508 valence electrons. The van der Waals surface area contributed by atoms with E-state index < -0.39 is 79.9 Å². The smallest absolute Gasteiger partial charge is 0.417 e. The predicted molar refractivity (Wildman–Crippen MR) is 350 cm³/mol. The second kappa shape index (κ2) is 29.4. The number of ether oxygens (including phenoxy) is 8. The Bertz CT molecular complexity index is 3520. The zero-order chi connectivity index (χ0) is 68.8. The zero-order valence-electron chi connectivity index (χ0n) is 56.4. The standard InChI is InChI=1S/C68H89N7O18Si/c1-41-28-50-62(82)74(64(83)91-66(3,4)5)48-35-54(52(85-12)33-46(48)60(80)72(50)37-41)89-39-44-30-43(16-17-56(76)69-21-24-87-26-27-88-25-22-70-57(77)20-23-71-58(78)18-19-59(71)79)31-45(32-44)40-90-55-36-49-47(34-53(55)86-13)61(81)73-38-42(2)29-51(73)63(93-94(14,15)68(9,10)11)75(49)65(84)92-67(6,7)8/h16-19,30-38,50-51,62-63,82H,20-29,39-40H2,1-15H3,(H,69,76)(H,70,77)/b17-16+/t50-,51-,62-,63-/m0/s1. The maximum atomic E-state index is 14.9. The third kappa shape index (κ3) is 17.2. The van der Waals surface area contributed by atoms with Gasteiger partial charge in [0.25, 0.3) is 23.6 Å². The van der Waals surface area contributed by atoms with Crippen LogP contribution in [0.4, 0.5) is 21.0 Å². The molecule has 0 aromatic heterocycles. The molecule has 94 heavy (non-hydrogen) atoms. The van der Waals surface area contributed by atoms with Crippen LogP contribution in [0.25, 0.3) is 6.08 Å². The van der Waals surface area contributed by atoms with Crippen molar-refractivity contribution >= 4 is 73.4 Å². The molecule has 4 atom stereocenters. The Labute approximate surface area is 550 Å². The highest BCUT2D eigenvalue weighted by Gasteiger charge is 2.52. The highest BCUT2D eigenvalue weighted by Crippen LogP contribution is 2.47. The van der Waals surface area contributed by atoms with Gasteiger partial charge in [-0.2, -0.15) is 0 Å². The lowest BCUT2D eigenvalue weighted by Crippen LogP contribution is -2.58. The molecule has 3 aromatic rings. The van der Waals surface area contributed by atoms with E-state index >= 15 is 0 Å². The fourth-order valence-corrected chi connectivity index (χ4v) is 12.1. The van der Waals surface area contributed by atoms with Crippen molar-refractivity contribution in [2.24, 2.45) is 0 Å². The molecule has 0 aliphatic carbocycles. The van der Waals surface area contributed by atoms with Crippen LogP contribution in [-0.2, 0) is 55.8 Å². The number of carbonyl (C=O) groups is 8. The number of hydrogen-bond acceptors (Lipinski definition) is 18. The molecule has 0 fully saturated rings. The Kier molecular flexibility index (Phi) is 22.3. The molecule has 8 rings (SSSR count). The summed E-state index contributed by atoms with van der Waals surface area (Å²) in [5.74, 6) is -1.88. The van der Waals surface area contributed by atoms with Gasteiger partial charge in [0.2, 0.25) is 11.8 Å². The molecule has 5 aliphatic rings. The number of hydrogen-bond donors (Lipinski definition) is 3. The van der Waals surface area contributed by atoms with Crippen molar-refractivity contribution in [3.8, 4) is 23.0 Å². The predicted octanol–water partition coefficient (Wildman–Crippen LogP) is 8.87. The minimum Gasteiger partial charge on any atom is -0.493 e. The van der Waals surface area contributed by atoms with Gasteiger partial charge >= 0.3 is 12.2 Å². The Balaban J connectivity index is 1.05. The maximum Gasteiger partial charge on any atom is 0.417 e. The number of fused-ring (bicyclic) bond motifs is 4. The lowest BCUT2D eigenvalue weighted by molar-refractivity contribution is -0.137. The van der Waals surface area contributed by atoms with Gasteiger partial charge in [0.15, 0.2) is 43.8 Å². The lowest BCUT2D eigenvalue weighted by atomic mass is 10.1. The fraction of sp³-hybridized carbons (Fsp3) is 0.500. The van der Waals surface area contributed by atoms with Crippen molar-refractivity contribution in [1.29, 1.82) is 0 Å². The topological polar surface area (TPSA) is 280 Å². The normalized spacial score (nSPS) is 18.9. The van der Waals surface area contributed by atoms with Gasteiger partial charge in [-0.3, -0.25) is 33.7 Å². The van der Waals surface area contributed by atoms with E-state index in [-0.39, 0.29) is 128 Å². The van der Waals surface area contributed by atoms with Crippen LogP contribution >= 0.6 is 0 Å². The summed E-state index contributed by atoms with van der Waals surface area (Å²) in [5, 5.41) is 17.1. The van der Waals surface area contributed by atoms with Gasteiger partial charge in [-0.15, -0.1) is 0 Å². The van der Waals surface area contributed by atoms with Crippen molar-refractivity contribution in [1.82, 2.24) is 25.3 Å². The van der Waals surface area contributed by atoms with Gasteiger partial charge in [-0.25, -0.2) is 19.4 Å². The van der Waals surface area contributed by atoms with E-state index in [1.165, 1.54) is 42.2 Å². The number of nitrogens with zero attached hydrogens (tertiary/aromatic N) is 5. The van der Waals surface area contributed by atoms with E-state index in [1.54, 1.807) is 89.2 Å². The SMILES string of the molecule is COc1cc2c(cc1OCc1cc(/C=C/C(=O)NCCOCCOCCNC(=O)CCN3C(=O)C=CC3=O)cc(COc3cc4c(cc3OC)C(=O)N3C=C(C)C[C@H]3[C@H](O[Si](C)(C)C(C)(C)C)N4C(=O)OC(C)(C)C)c1)N(C(=O)OC(C)(C)C)[C@@H](O)[C@@H]1CC(C)=CN1C2=O. The third-order valence-electron chi connectivity index (χ3n) is 16.3. The lowest BCUT2D eigenvalue weighted by Gasteiger charge is -2.44. The largest absolute Gasteiger partial charge is 0.493 e. The molecule has 5 aliphatic heterocycles. The van der Waals surface area contributed by atoms with Crippen molar-refractivity contribution in [2.75, 3.05) is 70.1 Å². The summed E-state index contributed by atoms with van der Waals surface area (Å²) in [6.45, 7) is 25.5. The van der Waals surface area contributed by atoms with Crippen LogP contribution in [-0.4, -0.2) is 172 Å². The molecule has 0 saturated heterocycles. The van der Waals surface area contributed by atoms with E-state index in [0.717, 1.165) is 33.1 Å². The first kappa shape index (κ1) is 71.3. The van der Waals surface area contributed by atoms with Gasteiger partial charge in [-0.1, -0.05) is 31.9 Å². The van der Waals surface area contributed by atoms with Crippen LogP contribution in [0, 0.1) is 0 Å². The molecular weight excluding hydrogens is 1230 g/mol. The average molecular weight is 1320 g/mol. The van der Waals surface area contributed by atoms with Crippen molar-refractivity contribution < 1.29 is 85.8 Å². The molecule has 0 spiro atoms. The number of benzene rings is 3. The van der Waals surface area contributed by atoms with E-state index in [4.69, 9.17) is 42.3 Å². The molecule has 3 N–H and O–H groups in total. The fourth-order valence-electron chi connectivity index (χ4n) is 10.9. The summed E-state index contributed by atoms with van der Waals surface area (Å²) in [6.07, 6.45) is 5.36. The van der Waals surface area contributed by atoms with Gasteiger partial charge in [0.05, 0.1) is 75.2 Å². The Morgan fingerprint density at radius 3 is 1.61 bits per heavy atom. The van der Waals surface area contributed by atoms with Crippen LogP contribution in [0.2, 0.25) is 18.1 Å². The summed E-state index contributed by atoms with van der Waals surface area (Å²) in [6, 6.07) is 10.1. The van der Waals surface area contributed by atoms with Gasteiger partial charge in [0.1, 0.15) is 24.4 Å². The highest BCUT2D eigenvalue weighted by molar-refractivity contribution is 6.74. The Hall–Kier alpha value is -8.56. The number of methoxy groups -OCH3 is 2. The van der Waals surface area contributed by atoms with Crippen molar-refractivity contribution in [2.45, 2.75) is 163 Å². The molecule has 0 bridgehead atoms. The summed E-state index contributed by atoms with van der Waals surface area (Å²) in [7, 11) is 0.168. The molecule has 0 unspecified atom stereocenters. The first-order chi connectivity index (χ1) is 44.2. The number of amides is 8. The summed E-state index contributed by atoms with van der Waals surface area (Å²) < 4.78 is 55.2. The molecule has 3 aromatic carbocycles. The number of nitrogens with one attached hydrogen (secondary N) is 2. The highest BCUT2D eigenvalue weighted by atomic mass is 28.4. The Morgan fingerprint density at radius 1 is 0.628 bits per heavy atom. The molecule has 5 heterocycles. The molecule has 0 radical (unpaired) electrons. The number of carbonyl (C=O) groups excluding carboxylic acids is 8. The Morgan fingerprint density at radius 2 is 1.11 bits per heavy atom. The number of aliphatic hydroxyl groups is 1. The van der Waals surface area contributed by atoms with Crippen LogP contribution in [0.3, 0.4) is 0 Å². The first-order valence-corrected chi connectivity index (χ1v) is 34.2. The average Bonchev–Trinajstić information content (AvgIpc) is 1.57. The molecule has 25 nitrogen and oxygen atoms in total. The van der Waals surface area contributed by atoms with Crippen molar-refractivity contribution in [3.63, 3.8) is 0 Å². The number of imide groups is 1. The summed E-state index contributed by atoms with van der Waals surface area (Å²) >= 11 is 0. The molecule has 0 saturated carbocycles. The van der Waals surface area contributed by atoms with Crippen LogP contribution in [0.5, 0.6) is 23.0 Å². The monoisotopic (exact) mass is 1320 g/mol. The van der Waals surface area contributed by atoms with Crippen molar-refractivity contribution in [3.05, 3.63) is 112 Å². The number of anilines is 2. The van der Waals surface area contributed by atoms with Gasteiger partial charge in [-0.05, 0) is 139 Å². The number of rotatable bonds is 24. The van der Waals surface area contributed by atoms with E-state index in [9.17, 15) is 43.5 Å². The van der Waals surface area contributed by atoms with E-state index in [1.807, 2.05) is 19.9 Å². The maximum absolute atomic E-state index is 14.9. The van der Waals surface area contributed by atoms with Gasteiger partial charge < -0.3 is 67.9 Å². The van der Waals surface area contributed by atoms with Crippen LogP contribution in [0.1, 0.15) is 133 Å². The zero-order valence-corrected chi connectivity index (χ0v) is 57.4. The summed E-state index contributed by atoms with van der Waals surface area (Å²) in [4.78, 5) is 114. The first-order valence-electron chi connectivity index (χ1n) is 31.3. The quantitative estimate of drug-likeness (QED) is 0.0327. The summed E-state index contributed by atoms with van der Waals surface area (Å²) in [5.41, 5.74) is 1.99. The molecular formula is C68H89N7O18Si. The third-order valence-corrected chi connectivity index (χ3v) is 20.8. The second-order valence-corrected chi connectivity index (χ2v) is 31.9. The second-order valence-electron chi connectivity index (χ2n) is 27.1. The van der Waals surface area contributed by atoms with E-state index in [0.29, 0.717) is 29.5 Å². The van der Waals surface area contributed by atoms with Crippen LogP contribution in [0.15, 0.2) is 84.2 Å². The van der Waals surface area contributed by atoms with Crippen LogP contribution < -0.4 is 39.4 Å². The minimum atomic E-state index is -2.69.